The number of allylic oxidation sites excluding steroid dienone is 1. The SMILES string of the molecule is C=CCCCCCCCCCCCCCC(CCCCC)C(=O)O. The van der Waals surface area contributed by atoms with E-state index in [-0.39, 0.29) is 5.92 Å². The van der Waals surface area contributed by atoms with Gasteiger partial charge in [-0.1, -0.05) is 96.5 Å². The number of aliphatic carboxylic acids is 1. The Morgan fingerprint density at radius 1 is 0.792 bits per heavy atom. The van der Waals surface area contributed by atoms with Crippen LogP contribution in [-0.4, -0.2) is 11.1 Å². The summed E-state index contributed by atoms with van der Waals surface area (Å²) in [5.74, 6) is -0.683. The van der Waals surface area contributed by atoms with E-state index in [0.29, 0.717) is 0 Å². The smallest absolute Gasteiger partial charge is 0.306 e. The Labute approximate surface area is 151 Å². The van der Waals surface area contributed by atoms with Crippen molar-refractivity contribution in [2.75, 3.05) is 0 Å². The van der Waals surface area contributed by atoms with Crippen LogP contribution in [0.2, 0.25) is 0 Å². The summed E-state index contributed by atoms with van der Waals surface area (Å²) in [5.41, 5.74) is 0. The molecule has 0 radical (unpaired) electrons. The van der Waals surface area contributed by atoms with E-state index in [0.717, 1.165) is 32.1 Å². The first kappa shape index (κ1) is 23.2. The molecule has 0 spiro atoms. The van der Waals surface area contributed by atoms with Crippen molar-refractivity contribution in [3.05, 3.63) is 12.7 Å². The molecular formula is C22H42O2. The van der Waals surface area contributed by atoms with Crippen LogP contribution in [0.15, 0.2) is 12.7 Å². The van der Waals surface area contributed by atoms with Gasteiger partial charge in [0, 0.05) is 0 Å². The molecule has 0 aromatic heterocycles. The number of rotatable bonds is 19. The number of unbranched alkanes of at least 4 members (excludes halogenated alkanes) is 13. The third kappa shape index (κ3) is 16.1. The minimum atomic E-state index is -0.584. The molecule has 0 rings (SSSR count). The molecule has 0 fully saturated rings. The molecule has 2 nitrogen and oxygen atoms in total. The molecule has 142 valence electrons. The summed E-state index contributed by atoms with van der Waals surface area (Å²) in [5, 5.41) is 9.26. The highest BCUT2D eigenvalue weighted by Crippen LogP contribution is 2.19. The summed E-state index contributed by atoms with van der Waals surface area (Å²) in [6.45, 7) is 5.92. The Kier molecular flexibility index (Phi) is 17.9. The zero-order valence-electron chi connectivity index (χ0n) is 16.2. The van der Waals surface area contributed by atoms with Crippen LogP contribution >= 0.6 is 0 Å². The van der Waals surface area contributed by atoms with Crippen molar-refractivity contribution in [3.8, 4) is 0 Å². The molecule has 0 aliphatic rings. The quantitative estimate of drug-likeness (QED) is 0.195. The van der Waals surface area contributed by atoms with E-state index in [1.807, 2.05) is 6.08 Å². The van der Waals surface area contributed by atoms with Gasteiger partial charge in [-0.2, -0.15) is 0 Å². The first-order chi connectivity index (χ1) is 11.7. The minimum absolute atomic E-state index is 0.0994. The molecular weight excluding hydrogens is 296 g/mol. The molecule has 0 heterocycles. The molecule has 0 bridgehead atoms. The lowest BCUT2D eigenvalue weighted by molar-refractivity contribution is -0.142. The van der Waals surface area contributed by atoms with Gasteiger partial charge >= 0.3 is 5.97 Å². The molecule has 0 amide bonds. The van der Waals surface area contributed by atoms with Crippen molar-refractivity contribution in [2.24, 2.45) is 5.92 Å². The van der Waals surface area contributed by atoms with Gasteiger partial charge in [0.2, 0.25) is 0 Å². The molecule has 24 heavy (non-hydrogen) atoms. The van der Waals surface area contributed by atoms with Crippen LogP contribution in [0.5, 0.6) is 0 Å². The van der Waals surface area contributed by atoms with Crippen molar-refractivity contribution < 1.29 is 9.90 Å². The number of hydrogen-bond acceptors (Lipinski definition) is 1. The maximum absolute atomic E-state index is 11.2. The molecule has 1 unspecified atom stereocenters. The summed E-state index contributed by atoms with van der Waals surface area (Å²) in [6, 6.07) is 0. The van der Waals surface area contributed by atoms with E-state index in [1.54, 1.807) is 0 Å². The van der Waals surface area contributed by atoms with E-state index in [2.05, 4.69) is 13.5 Å². The third-order valence-electron chi connectivity index (χ3n) is 4.97. The van der Waals surface area contributed by atoms with Gasteiger partial charge in [-0.3, -0.25) is 4.79 Å². The first-order valence-corrected chi connectivity index (χ1v) is 10.6. The van der Waals surface area contributed by atoms with E-state index in [1.165, 1.54) is 77.0 Å². The van der Waals surface area contributed by atoms with Crippen LogP contribution in [0.25, 0.3) is 0 Å². The van der Waals surface area contributed by atoms with Crippen LogP contribution in [0.3, 0.4) is 0 Å². The van der Waals surface area contributed by atoms with E-state index in [9.17, 15) is 9.90 Å². The standard InChI is InChI=1S/C22H42O2/c1-3-5-7-8-9-10-11-12-13-14-15-16-18-20-21(22(23)24)19-17-6-4-2/h3,21H,1,4-20H2,2H3,(H,23,24). The summed E-state index contributed by atoms with van der Waals surface area (Å²) in [4.78, 5) is 11.2. The summed E-state index contributed by atoms with van der Waals surface area (Å²) < 4.78 is 0. The predicted octanol–water partition coefficient (Wildman–Crippen LogP) is 7.52. The third-order valence-corrected chi connectivity index (χ3v) is 4.97. The number of carbonyl (C=O) groups is 1. The van der Waals surface area contributed by atoms with Gasteiger partial charge in [0.15, 0.2) is 0 Å². The Morgan fingerprint density at radius 2 is 1.21 bits per heavy atom. The fraction of sp³-hybridized carbons (Fsp3) is 0.864. The largest absolute Gasteiger partial charge is 0.481 e. The monoisotopic (exact) mass is 338 g/mol. The highest BCUT2D eigenvalue weighted by Gasteiger charge is 2.15. The second-order valence-electron chi connectivity index (χ2n) is 7.29. The summed E-state index contributed by atoms with van der Waals surface area (Å²) in [7, 11) is 0. The second kappa shape index (κ2) is 18.5. The minimum Gasteiger partial charge on any atom is -0.481 e. The van der Waals surface area contributed by atoms with Crippen molar-refractivity contribution in [2.45, 2.75) is 116 Å². The maximum atomic E-state index is 11.2. The van der Waals surface area contributed by atoms with Crippen molar-refractivity contribution in [3.63, 3.8) is 0 Å². The van der Waals surface area contributed by atoms with Gasteiger partial charge in [0.05, 0.1) is 5.92 Å². The zero-order chi connectivity index (χ0) is 17.9. The van der Waals surface area contributed by atoms with Crippen LogP contribution in [0.4, 0.5) is 0 Å². The zero-order valence-corrected chi connectivity index (χ0v) is 16.2. The van der Waals surface area contributed by atoms with Gasteiger partial charge in [0.1, 0.15) is 0 Å². The average molecular weight is 339 g/mol. The van der Waals surface area contributed by atoms with E-state index < -0.39 is 5.97 Å². The van der Waals surface area contributed by atoms with Crippen LogP contribution in [0.1, 0.15) is 116 Å². The molecule has 0 aromatic carbocycles. The van der Waals surface area contributed by atoms with Crippen molar-refractivity contribution >= 4 is 5.97 Å². The van der Waals surface area contributed by atoms with E-state index >= 15 is 0 Å². The average Bonchev–Trinajstić information content (AvgIpc) is 2.57. The number of hydrogen-bond donors (Lipinski definition) is 1. The molecule has 2 heteroatoms. The fourth-order valence-corrected chi connectivity index (χ4v) is 3.30. The molecule has 1 atom stereocenters. The Balaban J connectivity index is 3.33. The predicted molar refractivity (Wildman–Crippen MR) is 105 cm³/mol. The first-order valence-electron chi connectivity index (χ1n) is 10.6. The van der Waals surface area contributed by atoms with Crippen molar-refractivity contribution in [1.82, 2.24) is 0 Å². The normalized spacial score (nSPS) is 12.2. The summed E-state index contributed by atoms with van der Waals surface area (Å²) >= 11 is 0. The molecule has 0 aliphatic carbocycles. The highest BCUT2D eigenvalue weighted by molar-refractivity contribution is 5.69. The van der Waals surface area contributed by atoms with Crippen LogP contribution in [0, 0.1) is 5.92 Å². The lowest BCUT2D eigenvalue weighted by Gasteiger charge is -2.11. The summed E-state index contributed by atoms with van der Waals surface area (Å²) in [6.07, 6.45) is 22.8. The van der Waals surface area contributed by atoms with Crippen LogP contribution in [-0.2, 0) is 4.79 Å². The fourth-order valence-electron chi connectivity index (χ4n) is 3.30. The number of carboxylic acids is 1. The van der Waals surface area contributed by atoms with Gasteiger partial charge in [-0.15, -0.1) is 6.58 Å². The maximum Gasteiger partial charge on any atom is 0.306 e. The van der Waals surface area contributed by atoms with Gasteiger partial charge in [-0.05, 0) is 25.7 Å². The van der Waals surface area contributed by atoms with Gasteiger partial charge in [-0.25, -0.2) is 0 Å². The highest BCUT2D eigenvalue weighted by atomic mass is 16.4. The van der Waals surface area contributed by atoms with Crippen molar-refractivity contribution in [1.29, 1.82) is 0 Å². The lowest BCUT2D eigenvalue weighted by atomic mass is 9.94. The Bertz CT molecular complexity index is 286. The molecule has 1 N–H and O–H groups in total. The second-order valence-corrected chi connectivity index (χ2v) is 7.29. The Hall–Kier alpha value is -0.790. The van der Waals surface area contributed by atoms with Gasteiger partial charge < -0.3 is 5.11 Å². The topological polar surface area (TPSA) is 37.3 Å². The van der Waals surface area contributed by atoms with Gasteiger partial charge in [0.25, 0.3) is 0 Å². The molecule has 0 saturated carbocycles. The molecule has 0 saturated heterocycles. The number of carboxylic acid groups (broad SMARTS) is 1. The molecule has 0 aromatic rings. The van der Waals surface area contributed by atoms with E-state index in [4.69, 9.17) is 0 Å². The van der Waals surface area contributed by atoms with Crippen LogP contribution < -0.4 is 0 Å². The Morgan fingerprint density at radius 3 is 1.62 bits per heavy atom. The lowest BCUT2D eigenvalue weighted by Crippen LogP contribution is -2.13. The molecule has 0 aliphatic heterocycles.